The Balaban J connectivity index is 0. The predicted octanol–water partition coefficient (Wildman–Crippen LogP) is 10.8. The zero-order valence-electron chi connectivity index (χ0n) is 24.7. The van der Waals surface area contributed by atoms with E-state index in [2.05, 4.69) is 107 Å². The second kappa shape index (κ2) is 21.7. The van der Waals surface area contributed by atoms with Crippen molar-refractivity contribution in [3.63, 3.8) is 0 Å². The molecule has 5 rings (SSSR count). The quantitative estimate of drug-likeness (QED) is 0.194. The van der Waals surface area contributed by atoms with Crippen molar-refractivity contribution in [2.24, 2.45) is 11.3 Å². The van der Waals surface area contributed by atoms with Crippen molar-refractivity contribution in [3.05, 3.63) is 139 Å². The number of rotatable bonds is 3. The van der Waals surface area contributed by atoms with Gasteiger partial charge in [0, 0.05) is 0 Å². The second-order valence-corrected chi connectivity index (χ2v) is 9.60. The molecular weight excluding hydrogens is 607 g/mol. The Bertz CT molecular complexity index is 1120. The summed E-state index contributed by atoms with van der Waals surface area (Å²) in [6, 6.07) is 26.6. The van der Waals surface area contributed by atoms with E-state index in [4.69, 9.17) is 0 Å². The number of allylic oxidation sites excluding steroid dienone is 4. The van der Waals surface area contributed by atoms with Crippen molar-refractivity contribution >= 4 is 41.2 Å². The monoisotopic (exact) mass is 648 g/mol. The fraction of sp³-hybridized carbons (Fsp3) is 0.243. The van der Waals surface area contributed by atoms with Gasteiger partial charge < -0.3 is 6.92 Å². The van der Waals surface area contributed by atoms with Crippen molar-refractivity contribution in [3.8, 4) is 11.1 Å². The largest absolute Gasteiger partial charge is 0.184 e. The average Bonchev–Trinajstić information content (AvgIpc) is 3.61. The molecule has 3 heteroatoms. The topological polar surface area (TPSA) is 0 Å². The predicted molar refractivity (Wildman–Crippen MR) is 181 cm³/mol. The molecule has 0 heterocycles. The van der Waals surface area contributed by atoms with Crippen LogP contribution in [0.15, 0.2) is 91.5 Å². The molecule has 0 nitrogen and oxygen atoms in total. The van der Waals surface area contributed by atoms with Gasteiger partial charge in [-0.3, -0.25) is 6.08 Å². The third-order valence-corrected chi connectivity index (χ3v) is 6.06. The van der Waals surface area contributed by atoms with Crippen LogP contribution in [0.2, 0.25) is 0 Å². The molecule has 214 valence electrons. The SMILES string of the molecule is C=Cc1c[c-]c2c(c1)-c1cc(C=C)ccc1C2.CCC1[C-]=CC(C(C)(C)C)=C1.Cl.Cl.[CH2-]C.[CH2]=[Zr].[c-]1ccccc1. The molecule has 3 aromatic carbocycles. The van der Waals surface area contributed by atoms with E-state index in [9.17, 15) is 0 Å². The first kappa shape index (κ1) is 40.1. The molecule has 0 radical (unpaired) electrons. The molecule has 0 aromatic heterocycles. The summed E-state index contributed by atoms with van der Waals surface area (Å²) < 4.78 is 3.34. The van der Waals surface area contributed by atoms with Crippen LogP contribution in [0.1, 0.15) is 63.3 Å². The Morgan fingerprint density at radius 2 is 1.55 bits per heavy atom. The summed E-state index contributed by atoms with van der Waals surface area (Å²) in [4.78, 5) is 0. The first-order chi connectivity index (χ1) is 18.4. The van der Waals surface area contributed by atoms with Gasteiger partial charge in [-0.05, 0) is 12.0 Å². The Morgan fingerprint density at radius 1 is 0.950 bits per heavy atom. The number of halogens is 2. The van der Waals surface area contributed by atoms with E-state index in [0.29, 0.717) is 11.3 Å². The number of hydrogen-bond donors (Lipinski definition) is 0. The molecule has 3 aromatic rings. The summed E-state index contributed by atoms with van der Waals surface area (Å²) in [5.74, 6) is 0.573. The summed E-state index contributed by atoms with van der Waals surface area (Å²) in [7, 11) is 0. The minimum Gasteiger partial charge on any atom is -0.184 e. The summed E-state index contributed by atoms with van der Waals surface area (Å²) in [5, 5.41) is 0. The van der Waals surface area contributed by atoms with Crippen molar-refractivity contribution in [1.82, 2.24) is 0 Å². The molecule has 0 saturated carbocycles. The molecule has 2 aliphatic rings. The third kappa shape index (κ3) is 12.6. The zero-order valence-corrected chi connectivity index (χ0v) is 28.8. The number of hydrogen-bond acceptors (Lipinski definition) is 0. The van der Waals surface area contributed by atoms with E-state index in [1.54, 1.807) is 6.92 Å². The van der Waals surface area contributed by atoms with Crippen LogP contribution in [0.5, 0.6) is 0 Å². The fourth-order valence-electron chi connectivity index (χ4n) is 3.92. The Morgan fingerprint density at radius 3 is 1.98 bits per heavy atom. The summed E-state index contributed by atoms with van der Waals surface area (Å²) >= 11 is 1.30. The van der Waals surface area contributed by atoms with Crippen LogP contribution in [0, 0.1) is 36.5 Å². The first-order valence-corrected chi connectivity index (χ1v) is 14.8. The molecule has 1 atom stereocenters. The van der Waals surface area contributed by atoms with Gasteiger partial charge in [-0.25, -0.2) is 6.08 Å². The Kier molecular flexibility index (Phi) is 21.7. The molecule has 0 aliphatic heterocycles. The second-order valence-electron chi connectivity index (χ2n) is 9.60. The van der Waals surface area contributed by atoms with E-state index < -0.39 is 0 Å². The van der Waals surface area contributed by atoms with E-state index in [1.807, 2.05) is 48.6 Å². The van der Waals surface area contributed by atoms with Crippen LogP contribution in [-0.4, -0.2) is 4.21 Å². The van der Waals surface area contributed by atoms with Crippen LogP contribution in [0.25, 0.3) is 23.3 Å². The van der Waals surface area contributed by atoms with Gasteiger partial charge >= 0.3 is 28.4 Å². The first-order valence-electron chi connectivity index (χ1n) is 13.1. The maximum Gasteiger partial charge on any atom is -0.171 e. The van der Waals surface area contributed by atoms with Gasteiger partial charge in [-0.15, -0.1) is 48.6 Å². The number of benzene rings is 3. The van der Waals surface area contributed by atoms with Gasteiger partial charge in [0.2, 0.25) is 0 Å². The van der Waals surface area contributed by atoms with E-state index >= 15 is 0 Å². The molecular formula is C37H44Cl2Zr-4. The maximum absolute atomic E-state index is 3.82. The normalized spacial score (nSPS) is 13.0. The molecule has 2 aliphatic carbocycles. The average molecular weight is 651 g/mol. The van der Waals surface area contributed by atoms with Crippen LogP contribution in [0.3, 0.4) is 0 Å². The minimum absolute atomic E-state index is 0. The van der Waals surface area contributed by atoms with Crippen LogP contribution in [0.4, 0.5) is 0 Å². The molecule has 0 N–H and O–H groups in total. The Labute approximate surface area is 272 Å². The standard InChI is InChI=1S/C17H13.C11H17.C6H5.C2H5.CH2.2ClH.Zr/c1-3-12-5-7-14-11-15-8-6-13(4-2)10-17(15)16(14)9-12;1-5-9-6-7-10(8-9)11(2,3)4;1-2-4-6-5-3-1;1-2;;;;/h3-7,9-10H,1-2,11H2;7-9H,5H2,1-4H3;1-5H;1H2,2H3;1H2;2*1H;/q4*-1;;;;. The molecule has 40 heavy (non-hydrogen) atoms. The van der Waals surface area contributed by atoms with Crippen LogP contribution < -0.4 is 0 Å². The summed E-state index contributed by atoms with van der Waals surface area (Å²) in [6.07, 6.45) is 13.7. The van der Waals surface area contributed by atoms with Gasteiger partial charge in [0.05, 0.1) is 0 Å². The van der Waals surface area contributed by atoms with Gasteiger partial charge in [0.1, 0.15) is 0 Å². The fourth-order valence-corrected chi connectivity index (χ4v) is 3.92. The number of fused-ring (bicyclic) bond motifs is 3. The van der Waals surface area contributed by atoms with Crippen LogP contribution >= 0.6 is 24.8 Å². The van der Waals surface area contributed by atoms with E-state index in [0.717, 1.165) is 12.0 Å². The van der Waals surface area contributed by atoms with E-state index in [-0.39, 0.29) is 24.8 Å². The van der Waals surface area contributed by atoms with Crippen molar-refractivity contribution in [2.45, 2.75) is 47.5 Å². The molecule has 1 unspecified atom stereocenters. The molecule has 0 amide bonds. The molecule has 0 fully saturated rings. The molecule has 0 bridgehead atoms. The van der Waals surface area contributed by atoms with Crippen LogP contribution in [-0.2, 0) is 30.7 Å². The molecule has 0 spiro atoms. The van der Waals surface area contributed by atoms with Gasteiger partial charge in [-0.2, -0.15) is 78.7 Å². The maximum atomic E-state index is 3.82. The van der Waals surface area contributed by atoms with Gasteiger partial charge in [0.25, 0.3) is 0 Å². The summed E-state index contributed by atoms with van der Waals surface area (Å²) in [5.41, 5.74) is 9.30. The third-order valence-electron chi connectivity index (χ3n) is 6.06. The summed E-state index contributed by atoms with van der Waals surface area (Å²) in [6.45, 7) is 21.6. The van der Waals surface area contributed by atoms with Crippen molar-refractivity contribution in [2.75, 3.05) is 0 Å². The molecule has 0 saturated heterocycles. The van der Waals surface area contributed by atoms with Gasteiger partial charge in [0.15, 0.2) is 0 Å². The minimum atomic E-state index is 0. The van der Waals surface area contributed by atoms with Crippen molar-refractivity contribution < 1.29 is 24.2 Å². The zero-order chi connectivity index (χ0) is 28.6. The van der Waals surface area contributed by atoms with Crippen molar-refractivity contribution in [1.29, 1.82) is 0 Å². The van der Waals surface area contributed by atoms with Gasteiger partial charge in [-0.1, -0.05) is 87.4 Å². The van der Waals surface area contributed by atoms with E-state index in [1.165, 1.54) is 64.0 Å². The Hall–Kier alpha value is -2.05. The smallest absolute Gasteiger partial charge is 0.171 e.